The minimum Gasteiger partial charge on any atom is -0.349 e. The molecule has 1 aromatic rings. The second-order valence-corrected chi connectivity index (χ2v) is 3.78. The van der Waals surface area contributed by atoms with E-state index in [1.54, 1.807) is 12.3 Å². The summed E-state index contributed by atoms with van der Waals surface area (Å²) >= 11 is 0. The van der Waals surface area contributed by atoms with Gasteiger partial charge in [-0.2, -0.15) is 0 Å². The summed E-state index contributed by atoms with van der Waals surface area (Å²) in [5.74, 6) is -0.111. The van der Waals surface area contributed by atoms with Crippen molar-refractivity contribution < 1.29 is 4.79 Å². The molecular weight excluding hydrogens is 190 g/mol. The summed E-state index contributed by atoms with van der Waals surface area (Å²) in [4.78, 5) is 17.6. The summed E-state index contributed by atoms with van der Waals surface area (Å²) < 4.78 is 0. The molecule has 4 heteroatoms. The summed E-state index contributed by atoms with van der Waals surface area (Å²) in [6, 6.07) is 3.65. The zero-order chi connectivity index (χ0) is 11.3. The normalized spacial score (nSPS) is 10.4. The maximum absolute atomic E-state index is 11.6. The highest BCUT2D eigenvalue weighted by atomic mass is 16.1. The third-order valence-corrected chi connectivity index (χ3v) is 1.99. The van der Waals surface area contributed by atoms with Crippen molar-refractivity contribution in [3.05, 3.63) is 29.6 Å². The molecule has 0 unspecified atom stereocenters. The van der Waals surface area contributed by atoms with Crippen molar-refractivity contribution in [2.24, 2.45) is 0 Å². The zero-order valence-corrected chi connectivity index (χ0v) is 9.45. The van der Waals surface area contributed by atoms with Crippen LogP contribution in [0.25, 0.3) is 0 Å². The van der Waals surface area contributed by atoms with E-state index in [4.69, 9.17) is 0 Å². The Morgan fingerprint density at radius 3 is 2.87 bits per heavy atom. The number of hydrogen-bond donors (Lipinski definition) is 1. The third-order valence-electron chi connectivity index (χ3n) is 1.99. The van der Waals surface area contributed by atoms with E-state index in [0.29, 0.717) is 12.2 Å². The summed E-state index contributed by atoms with van der Waals surface area (Å²) in [6.45, 7) is 3.41. The van der Waals surface area contributed by atoms with E-state index in [2.05, 4.69) is 10.3 Å². The van der Waals surface area contributed by atoms with Gasteiger partial charge in [-0.15, -0.1) is 0 Å². The Bertz CT molecular complexity index is 336. The first-order chi connectivity index (χ1) is 7.09. The lowest BCUT2D eigenvalue weighted by atomic mass is 10.2. The maximum atomic E-state index is 11.6. The number of pyridine rings is 1. The first-order valence-corrected chi connectivity index (χ1v) is 4.95. The number of aryl methyl sites for hydroxylation is 1. The molecule has 0 bridgehead atoms. The summed E-state index contributed by atoms with van der Waals surface area (Å²) in [5, 5.41) is 2.81. The highest BCUT2D eigenvalue weighted by molar-refractivity contribution is 5.92. The number of aromatic nitrogens is 1. The smallest absolute Gasteiger partial charge is 0.269 e. The van der Waals surface area contributed by atoms with Crippen LogP contribution in [0.4, 0.5) is 0 Å². The first-order valence-electron chi connectivity index (χ1n) is 4.95. The minimum atomic E-state index is -0.111. The highest BCUT2D eigenvalue weighted by Gasteiger charge is 2.05. The standard InChI is InChI=1S/C11H17N3O/c1-9-4-5-12-10(8-9)11(15)13-6-7-14(2)3/h4-5,8H,6-7H2,1-3H3,(H,13,15). The lowest BCUT2D eigenvalue weighted by molar-refractivity contribution is 0.0946. The number of carbonyl (C=O) groups excluding carboxylic acids is 1. The maximum Gasteiger partial charge on any atom is 0.269 e. The second kappa shape index (κ2) is 5.46. The Labute approximate surface area is 90.3 Å². The summed E-state index contributed by atoms with van der Waals surface area (Å²) in [5.41, 5.74) is 1.52. The Hall–Kier alpha value is -1.42. The van der Waals surface area contributed by atoms with Crippen LogP contribution < -0.4 is 5.32 Å². The number of nitrogens with one attached hydrogen (secondary N) is 1. The Morgan fingerprint density at radius 2 is 2.27 bits per heavy atom. The van der Waals surface area contributed by atoms with Gasteiger partial charge in [0, 0.05) is 19.3 Å². The molecule has 1 aromatic heterocycles. The van der Waals surface area contributed by atoms with Crippen LogP contribution in [0.5, 0.6) is 0 Å². The fourth-order valence-electron chi connectivity index (χ4n) is 1.14. The predicted octanol–water partition coefficient (Wildman–Crippen LogP) is 0.681. The van der Waals surface area contributed by atoms with Gasteiger partial charge < -0.3 is 10.2 Å². The average molecular weight is 207 g/mol. The van der Waals surface area contributed by atoms with Gasteiger partial charge in [0.15, 0.2) is 0 Å². The fraction of sp³-hybridized carbons (Fsp3) is 0.455. The molecule has 1 N–H and O–H groups in total. The van der Waals surface area contributed by atoms with Gasteiger partial charge in [-0.05, 0) is 38.7 Å². The molecule has 0 fully saturated rings. The Kier molecular flexibility index (Phi) is 4.24. The van der Waals surface area contributed by atoms with Gasteiger partial charge in [0.1, 0.15) is 5.69 Å². The molecule has 4 nitrogen and oxygen atoms in total. The van der Waals surface area contributed by atoms with E-state index >= 15 is 0 Å². The molecule has 0 aliphatic heterocycles. The van der Waals surface area contributed by atoms with Crippen molar-refractivity contribution in [3.8, 4) is 0 Å². The number of amides is 1. The Morgan fingerprint density at radius 1 is 1.53 bits per heavy atom. The molecule has 0 radical (unpaired) electrons. The number of nitrogens with zero attached hydrogens (tertiary/aromatic N) is 2. The third kappa shape index (κ3) is 4.08. The molecule has 1 amide bonds. The quantitative estimate of drug-likeness (QED) is 0.789. The highest BCUT2D eigenvalue weighted by Crippen LogP contribution is 1.99. The van der Waals surface area contributed by atoms with E-state index in [-0.39, 0.29) is 5.91 Å². The molecular formula is C11H17N3O. The summed E-state index contributed by atoms with van der Waals surface area (Å²) in [7, 11) is 3.94. The van der Waals surface area contributed by atoms with E-state index in [9.17, 15) is 4.79 Å². The molecule has 1 heterocycles. The number of hydrogen-bond acceptors (Lipinski definition) is 3. The first kappa shape index (κ1) is 11.7. The van der Waals surface area contributed by atoms with Crippen molar-refractivity contribution in [1.82, 2.24) is 15.2 Å². The Balaban J connectivity index is 2.47. The summed E-state index contributed by atoms with van der Waals surface area (Å²) in [6.07, 6.45) is 1.65. The van der Waals surface area contributed by atoms with Gasteiger partial charge in [0.05, 0.1) is 0 Å². The van der Waals surface area contributed by atoms with Crippen LogP contribution in [0.15, 0.2) is 18.3 Å². The number of carbonyl (C=O) groups is 1. The van der Waals surface area contributed by atoms with Crippen LogP contribution in [0.2, 0.25) is 0 Å². The van der Waals surface area contributed by atoms with Gasteiger partial charge in [-0.25, -0.2) is 0 Å². The van der Waals surface area contributed by atoms with Gasteiger partial charge in [-0.1, -0.05) is 0 Å². The molecule has 15 heavy (non-hydrogen) atoms. The molecule has 0 saturated heterocycles. The van der Waals surface area contributed by atoms with Crippen molar-refractivity contribution in [2.45, 2.75) is 6.92 Å². The van der Waals surface area contributed by atoms with Crippen LogP contribution in [0.3, 0.4) is 0 Å². The van der Waals surface area contributed by atoms with Crippen LogP contribution >= 0.6 is 0 Å². The lowest BCUT2D eigenvalue weighted by Crippen LogP contribution is -2.31. The van der Waals surface area contributed by atoms with Crippen LogP contribution in [0, 0.1) is 6.92 Å². The van der Waals surface area contributed by atoms with Gasteiger partial charge >= 0.3 is 0 Å². The fourth-order valence-corrected chi connectivity index (χ4v) is 1.14. The van der Waals surface area contributed by atoms with Crippen LogP contribution in [-0.2, 0) is 0 Å². The molecule has 0 aliphatic rings. The number of likely N-dealkylation sites (N-methyl/N-ethyl adjacent to an activating group) is 1. The molecule has 0 aromatic carbocycles. The predicted molar refractivity (Wildman–Crippen MR) is 59.9 cm³/mol. The topological polar surface area (TPSA) is 45.2 Å². The number of rotatable bonds is 4. The van der Waals surface area contributed by atoms with E-state index in [1.807, 2.05) is 32.0 Å². The van der Waals surface area contributed by atoms with E-state index < -0.39 is 0 Å². The van der Waals surface area contributed by atoms with Crippen molar-refractivity contribution >= 4 is 5.91 Å². The molecule has 82 valence electrons. The van der Waals surface area contributed by atoms with Gasteiger partial charge in [-0.3, -0.25) is 9.78 Å². The molecule has 0 spiro atoms. The van der Waals surface area contributed by atoms with E-state index in [1.165, 1.54) is 0 Å². The molecule has 0 saturated carbocycles. The largest absolute Gasteiger partial charge is 0.349 e. The SMILES string of the molecule is Cc1ccnc(C(=O)NCCN(C)C)c1. The van der Waals surface area contributed by atoms with Crippen molar-refractivity contribution in [1.29, 1.82) is 0 Å². The molecule has 1 rings (SSSR count). The van der Waals surface area contributed by atoms with Gasteiger partial charge in [0.25, 0.3) is 5.91 Å². The van der Waals surface area contributed by atoms with Gasteiger partial charge in [0.2, 0.25) is 0 Å². The van der Waals surface area contributed by atoms with Crippen molar-refractivity contribution in [2.75, 3.05) is 27.2 Å². The van der Waals surface area contributed by atoms with Crippen LogP contribution in [-0.4, -0.2) is 43.0 Å². The molecule has 0 aliphatic carbocycles. The van der Waals surface area contributed by atoms with Crippen LogP contribution in [0.1, 0.15) is 16.1 Å². The van der Waals surface area contributed by atoms with Crippen molar-refractivity contribution in [3.63, 3.8) is 0 Å². The lowest BCUT2D eigenvalue weighted by Gasteiger charge is -2.10. The zero-order valence-electron chi connectivity index (χ0n) is 9.45. The minimum absolute atomic E-state index is 0.111. The monoisotopic (exact) mass is 207 g/mol. The average Bonchev–Trinajstić information content (AvgIpc) is 2.17. The molecule has 0 atom stereocenters. The second-order valence-electron chi connectivity index (χ2n) is 3.78. The van der Waals surface area contributed by atoms with E-state index in [0.717, 1.165) is 12.1 Å².